The van der Waals surface area contributed by atoms with Gasteiger partial charge in [0.25, 0.3) is 0 Å². The lowest BCUT2D eigenvalue weighted by Gasteiger charge is -2.14. The summed E-state index contributed by atoms with van der Waals surface area (Å²) in [6.07, 6.45) is 12.9. The van der Waals surface area contributed by atoms with Crippen LogP contribution < -0.4 is 5.73 Å². The second-order valence-electron chi connectivity index (χ2n) is 5.12. The molecule has 0 aliphatic carbocycles. The van der Waals surface area contributed by atoms with Crippen molar-refractivity contribution < 1.29 is 0 Å². The van der Waals surface area contributed by atoms with Gasteiger partial charge in [-0.1, -0.05) is 48.7 Å². The van der Waals surface area contributed by atoms with Gasteiger partial charge in [-0.25, -0.2) is 0 Å². The molecular weight excluding hydrogens is 274 g/mol. The first-order chi connectivity index (χ1) is 10.1. The van der Waals surface area contributed by atoms with Crippen molar-refractivity contribution in [3.05, 3.63) is 83.0 Å². The molecule has 0 spiro atoms. The van der Waals surface area contributed by atoms with Gasteiger partial charge in [-0.05, 0) is 71.8 Å². The monoisotopic (exact) mass is 295 g/mol. The van der Waals surface area contributed by atoms with Gasteiger partial charge < -0.3 is 5.73 Å². The Morgan fingerprint density at radius 2 is 2.14 bits per heavy atom. The van der Waals surface area contributed by atoms with Crippen LogP contribution in [0.15, 0.2) is 71.2 Å². The average molecular weight is 295 g/mol. The van der Waals surface area contributed by atoms with Crippen molar-refractivity contribution in [1.82, 2.24) is 0 Å². The molecule has 108 valence electrons. The third-order valence-electron chi connectivity index (χ3n) is 3.45. The van der Waals surface area contributed by atoms with E-state index in [1.807, 2.05) is 19.1 Å². The number of nitrogens with two attached hydrogens (primary N) is 1. The lowest BCUT2D eigenvalue weighted by molar-refractivity contribution is 1.17. The fraction of sp³-hybridized carbons (Fsp3) is 0.158. The summed E-state index contributed by atoms with van der Waals surface area (Å²) in [6, 6.07) is 4.51. The van der Waals surface area contributed by atoms with Crippen molar-refractivity contribution >= 4 is 17.3 Å². The second kappa shape index (κ2) is 7.19. The van der Waals surface area contributed by atoms with Crippen molar-refractivity contribution in [2.45, 2.75) is 25.2 Å². The zero-order valence-electron chi connectivity index (χ0n) is 12.6. The quantitative estimate of drug-likeness (QED) is 0.781. The molecule has 0 saturated heterocycles. The van der Waals surface area contributed by atoms with Gasteiger partial charge >= 0.3 is 0 Å². The highest BCUT2D eigenvalue weighted by atomic mass is 32.2. The molecule has 2 rings (SSSR count). The molecule has 0 radical (unpaired) electrons. The number of hydrogen-bond acceptors (Lipinski definition) is 2. The van der Waals surface area contributed by atoms with Gasteiger partial charge in [0.2, 0.25) is 0 Å². The van der Waals surface area contributed by atoms with E-state index in [1.54, 1.807) is 18.0 Å². The summed E-state index contributed by atoms with van der Waals surface area (Å²) in [7, 11) is 0. The van der Waals surface area contributed by atoms with Crippen molar-refractivity contribution in [1.29, 1.82) is 0 Å². The van der Waals surface area contributed by atoms with Gasteiger partial charge in [0.1, 0.15) is 0 Å². The van der Waals surface area contributed by atoms with Crippen molar-refractivity contribution in [3.63, 3.8) is 0 Å². The van der Waals surface area contributed by atoms with Crippen LogP contribution in [-0.2, 0) is 6.42 Å². The summed E-state index contributed by atoms with van der Waals surface area (Å²) >= 11 is 1.75. The topological polar surface area (TPSA) is 26.0 Å². The van der Waals surface area contributed by atoms with Crippen LogP contribution in [0, 0.1) is 6.92 Å². The fourth-order valence-electron chi connectivity index (χ4n) is 2.14. The zero-order chi connectivity index (χ0) is 15.2. The number of benzene rings is 1. The van der Waals surface area contributed by atoms with E-state index in [0.717, 1.165) is 17.6 Å². The SMILES string of the molecule is C=C1/C=C\C=C/Sc2cc(C)c(C/C=C\C(C)=C/N)cc21. The summed E-state index contributed by atoms with van der Waals surface area (Å²) in [6.45, 7) is 8.33. The molecule has 1 aromatic rings. The van der Waals surface area contributed by atoms with Crippen LogP contribution in [0.1, 0.15) is 23.6 Å². The van der Waals surface area contributed by atoms with E-state index in [-0.39, 0.29) is 0 Å². The summed E-state index contributed by atoms with van der Waals surface area (Å²) < 4.78 is 0. The molecule has 0 aromatic heterocycles. The third kappa shape index (κ3) is 4.02. The molecule has 1 nitrogen and oxygen atoms in total. The highest BCUT2D eigenvalue weighted by molar-refractivity contribution is 8.02. The molecule has 2 N–H and O–H groups in total. The minimum Gasteiger partial charge on any atom is -0.404 e. The predicted octanol–water partition coefficient (Wildman–Crippen LogP) is 5.15. The van der Waals surface area contributed by atoms with Crippen LogP contribution in [0.4, 0.5) is 0 Å². The Morgan fingerprint density at radius 1 is 1.33 bits per heavy atom. The molecule has 21 heavy (non-hydrogen) atoms. The molecule has 0 unspecified atom stereocenters. The Kier molecular flexibility index (Phi) is 5.29. The molecular formula is C19H21NS. The summed E-state index contributed by atoms with van der Waals surface area (Å²) in [5, 5.41) is 2.11. The highest BCUT2D eigenvalue weighted by Gasteiger charge is 2.09. The lowest BCUT2D eigenvalue weighted by atomic mass is 9.98. The molecule has 1 heterocycles. The van der Waals surface area contributed by atoms with Crippen LogP contribution in [0.2, 0.25) is 0 Å². The van der Waals surface area contributed by atoms with Gasteiger partial charge in [0, 0.05) is 4.90 Å². The van der Waals surface area contributed by atoms with Crippen LogP contribution in [-0.4, -0.2) is 0 Å². The van der Waals surface area contributed by atoms with Gasteiger partial charge in [-0.2, -0.15) is 0 Å². The summed E-state index contributed by atoms with van der Waals surface area (Å²) in [4.78, 5) is 1.27. The first-order valence-corrected chi connectivity index (χ1v) is 7.87. The number of aryl methyl sites for hydroxylation is 1. The van der Waals surface area contributed by atoms with Crippen molar-refractivity contribution in [2.75, 3.05) is 0 Å². The molecule has 1 aliphatic rings. The van der Waals surface area contributed by atoms with E-state index in [1.165, 1.54) is 21.6 Å². The average Bonchev–Trinajstić information content (AvgIpc) is 2.46. The minimum absolute atomic E-state index is 0.905. The van der Waals surface area contributed by atoms with Crippen molar-refractivity contribution in [3.8, 4) is 0 Å². The van der Waals surface area contributed by atoms with E-state index < -0.39 is 0 Å². The number of allylic oxidation sites excluding steroid dienone is 7. The number of thioether (sulfide) groups is 1. The third-order valence-corrected chi connectivity index (χ3v) is 4.33. The van der Waals surface area contributed by atoms with Gasteiger partial charge in [-0.3, -0.25) is 0 Å². The Bertz CT molecular complexity index is 660. The number of rotatable bonds is 3. The summed E-state index contributed by atoms with van der Waals surface area (Å²) in [5.74, 6) is 0. The van der Waals surface area contributed by atoms with Crippen LogP contribution in [0.25, 0.3) is 5.57 Å². The minimum atomic E-state index is 0.905. The van der Waals surface area contributed by atoms with Crippen LogP contribution in [0.3, 0.4) is 0 Å². The zero-order valence-corrected chi connectivity index (χ0v) is 13.4. The van der Waals surface area contributed by atoms with Crippen LogP contribution in [0.5, 0.6) is 0 Å². The molecule has 0 saturated carbocycles. The van der Waals surface area contributed by atoms with Gasteiger partial charge in [0.15, 0.2) is 0 Å². The molecule has 0 fully saturated rings. The van der Waals surface area contributed by atoms with E-state index in [9.17, 15) is 0 Å². The summed E-state index contributed by atoms with van der Waals surface area (Å²) in [5.41, 5.74) is 11.5. The van der Waals surface area contributed by atoms with Gasteiger partial charge in [-0.15, -0.1) is 0 Å². The maximum Gasteiger partial charge on any atom is 0.0197 e. The van der Waals surface area contributed by atoms with E-state index in [0.29, 0.717) is 0 Å². The molecule has 1 aliphatic heterocycles. The smallest absolute Gasteiger partial charge is 0.0197 e. The molecule has 2 heteroatoms. The maximum absolute atomic E-state index is 5.48. The Balaban J connectivity index is 2.33. The highest BCUT2D eigenvalue weighted by Crippen LogP contribution is 2.33. The lowest BCUT2D eigenvalue weighted by Crippen LogP contribution is -1.94. The molecule has 1 aromatic carbocycles. The Morgan fingerprint density at radius 3 is 2.90 bits per heavy atom. The van der Waals surface area contributed by atoms with Crippen LogP contribution >= 0.6 is 11.8 Å². The number of fused-ring (bicyclic) bond motifs is 1. The predicted molar refractivity (Wildman–Crippen MR) is 95.1 cm³/mol. The second-order valence-corrected chi connectivity index (χ2v) is 6.07. The normalized spacial score (nSPS) is 18.2. The first kappa shape index (κ1) is 15.5. The molecule has 0 bridgehead atoms. The number of hydrogen-bond donors (Lipinski definition) is 1. The van der Waals surface area contributed by atoms with E-state index >= 15 is 0 Å². The molecule has 0 atom stereocenters. The van der Waals surface area contributed by atoms with Gasteiger partial charge in [0.05, 0.1) is 0 Å². The first-order valence-electron chi connectivity index (χ1n) is 6.99. The van der Waals surface area contributed by atoms with E-state index in [4.69, 9.17) is 5.73 Å². The van der Waals surface area contributed by atoms with E-state index in [2.05, 4.69) is 49.3 Å². The largest absolute Gasteiger partial charge is 0.404 e. The Hall–Kier alpha value is -1.93. The fourth-order valence-corrected chi connectivity index (χ4v) is 3.02. The standard InChI is InChI=1S/C19H21NS/c1-14(13-20)7-6-9-17-12-18-15(2)8-4-5-10-21-19(18)11-16(17)3/h4-8,10-13H,2,9,20H2,1,3H3/b7-6-,8-4-,10-5-,14-13-. The van der Waals surface area contributed by atoms with Crippen molar-refractivity contribution in [2.24, 2.45) is 5.73 Å². The maximum atomic E-state index is 5.48. The Labute approximate surface area is 131 Å². The molecule has 0 amide bonds.